The molecule has 19 heavy (non-hydrogen) atoms. The first-order valence-corrected chi connectivity index (χ1v) is 6.91. The standard InChI is InChI=1S/C12H12ClN3O2S/c1-2-9-6-15-12(19-9)7-14-10-5-8(13)3-4-11(10)16(17)18/h3-6,14H,2,7H2,1H3. The number of nitro groups is 1. The summed E-state index contributed by atoms with van der Waals surface area (Å²) in [4.78, 5) is 15.9. The zero-order valence-corrected chi connectivity index (χ0v) is 11.8. The first-order valence-electron chi connectivity index (χ1n) is 5.71. The van der Waals surface area contributed by atoms with Crippen LogP contribution in [0.25, 0.3) is 0 Å². The average Bonchev–Trinajstić information content (AvgIpc) is 2.84. The highest BCUT2D eigenvalue weighted by Gasteiger charge is 2.14. The normalized spacial score (nSPS) is 10.4. The van der Waals surface area contributed by atoms with Gasteiger partial charge in [-0.3, -0.25) is 10.1 Å². The van der Waals surface area contributed by atoms with Gasteiger partial charge in [-0.05, 0) is 18.6 Å². The Bertz CT molecular complexity index is 600. The third-order valence-electron chi connectivity index (χ3n) is 2.54. The van der Waals surface area contributed by atoms with Crippen molar-refractivity contribution in [2.24, 2.45) is 0 Å². The number of hydrogen-bond donors (Lipinski definition) is 1. The van der Waals surface area contributed by atoms with Gasteiger partial charge in [0.2, 0.25) is 0 Å². The lowest BCUT2D eigenvalue weighted by molar-refractivity contribution is -0.384. The molecule has 0 aliphatic carbocycles. The molecule has 0 atom stereocenters. The van der Waals surface area contributed by atoms with Crippen molar-refractivity contribution in [2.75, 3.05) is 5.32 Å². The minimum Gasteiger partial charge on any atom is -0.373 e. The van der Waals surface area contributed by atoms with Gasteiger partial charge in [-0.25, -0.2) is 4.98 Å². The zero-order chi connectivity index (χ0) is 13.8. The number of benzene rings is 1. The van der Waals surface area contributed by atoms with Crippen LogP contribution in [-0.4, -0.2) is 9.91 Å². The fraction of sp³-hybridized carbons (Fsp3) is 0.250. The third-order valence-corrected chi connectivity index (χ3v) is 3.91. The zero-order valence-electron chi connectivity index (χ0n) is 10.2. The van der Waals surface area contributed by atoms with E-state index in [1.165, 1.54) is 17.0 Å². The van der Waals surface area contributed by atoms with Gasteiger partial charge < -0.3 is 5.32 Å². The molecular weight excluding hydrogens is 286 g/mol. The van der Waals surface area contributed by atoms with Crippen LogP contribution in [0.1, 0.15) is 16.8 Å². The van der Waals surface area contributed by atoms with E-state index in [0.29, 0.717) is 17.3 Å². The third kappa shape index (κ3) is 3.42. The van der Waals surface area contributed by atoms with E-state index in [4.69, 9.17) is 11.6 Å². The molecule has 0 saturated carbocycles. The summed E-state index contributed by atoms with van der Waals surface area (Å²) < 4.78 is 0. The number of halogens is 1. The van der Waals surface area contributed by atoms with Crippen LogP contribution in [0.15, 0.2) is 24.4 Å². The maximum Gasteiger partial charge on any atom is 0.292 e. The number of anilines is 1. The molecule has 2 aromatic rings. The molecule has 7 heteroatoms. The molecule has 0 unspecified atom stereocenters. The number of hydrogen-bond acceptors (Lipinski definition) is 5. The Kier molecular flexibility index (Phi) is 4.34. The molecule has 1 aromatic heterocycles. The van der Waals surface area contributed by atoms with Crippen molar-refractivity contribution in [2.45, 2.75) is 19.9 Å². The Morgan fingerprint density at radius 3 is 2.95 bits per heavy atom. The quantitative estimate of drug-likeness (QED) is 0.672. The lowest BCUT2D eigenvalue weighted by Gasteiger charge is -2.05. The van der Waals surface area contributed by atoms with Crippen LogP contribution in [0, 0.1) is 10.1 Å². The van der Waals surface area contributed by atoms with Gasteiger partial charge in [-0.2, -0.15) is 0 Å². The van der Waals surface area contributed by atoms with Crippen molar-refractivity contribution in [1.82, 2.24) is 4.98 Å². The van der Waals surface area contributed by atoms with E-state index < -0.39 is 4.92 Å². The summed E-state index contributed by atoms with van der Waals surface area (Å²) in [6.07, 6.45) is 2.77. The van der Waals surface area contributed by atoms with Crippen molar-refractivity contribution >= 4 is 34.3 Å². The molecule has 5 nitrogen and oxygen atoms in total. The van der Waals surface area contributed by atoms with Gasteiger partial charge in [0.15, 0.2) is 0 Å². The van der Waals surface area contributed by atoms with E-state index in [0.717, 1.165) is 11.4 Å². The molecule has 0 amide bonds. The van der Waals surface area contributed by atoms with Crippen LogP contribution >= 0.6 is 22.9 Å². The Balaban J connectivity index is 2.14. The second kappa shape index (κ2) is 5.99. The predicted molar refractivity (Wildman–Crippen MR) is 76.9 cm³/mol. The highest BCUT2D eigenvalue weighted by Crippen LogP contribution is 2.28. The van der Waals surface area contributed by atoms with Crippen molar-refractivity contribution in [3.05, 3.63) is 49.4 Å². The second-order valence-corrected chi connectivity index (χ2v) is 5.48. The number of nitrogens with zero attached hydrogens (tertiary/aromatic N) is 2. The molecule has 100 valence electrons. The van der Waals surface area contributed by atoms with Crippen LogP contribution in [0.5, 0.6) is 0 Å². The number of aromatic nitrogens is 1. The lowest BCUT2D eigenvalue weighted by atomic mass is 10.2. The number of nitrogens with one attached hydrogen (secondary N) is 1. The molecule has 1 N–H and O–H groups in total. The first kappa shape index (κ1) is 13.8. The number of thiazole rings is 1. The fourth-order valence-corrected chi connectivity index (χ4v) is 2.55. The van der Waals surface area contributed by atoms with E-state index in [1.54, 1.807) is 17.4 Å². The molecule has 0 bridgehead atoms. The van der Waals surface area contributed by atoms with E-state index in [1.807, 2.05) is 6.20 Å². The number of aryl methyl sites for hydroxylation is 1. The first-order chi connectivity index (χ1) is 9.10. The van der Waals surface area contributed by atoms with Crippen LogP contribution in [0.3, 0.4) is 0 Å². The van der Waals surface area contributed by atoms with Gasteiger partial charge in [-0.15, -0.1) is 11.3 Å². The maximum atomic E-state index is 10.9. The van der Waals surface area contributed by atoms with E-state index in [-0.39, 0.29) is 5.69 Å². The molecule has 0 aliphatic heterocycles. The number of nitro benzene ring substituents is 1. The number of rotatable bonds is 5. The van der Waals surface area contributed by atoms with E-state index in [9.17, 15) is 10.1 Å². The smallest absolute Gasteiger partial charge is 0.292 e. The Morgan fingerprint density at radius 2 is 2.32 bits per heavy atom. The van der Waals surface area contributed by atoms with Gasteiger partial charge in [0.25, 0.3) is 5.69 Å². The summed E-state index contributed by atoms with van der Waals surface area (Å²) >= 11 is 7.45. The lowest BCUT2D eigenvalue weighted by Crippen LogP contribution is -2.02. The van der Waals surface area contributed by atoms with Gasteiger partial charge >= 0.3 is 0 Å². The van der Waals surface area contributed by atoms with Crippen molar-refractivity contribution in [3.63, 3.8) is 0 Å². The van der Waals surface area contributed by atoms with Crippen molar-refractivity contribution in [1.29, 1.82) is 0 Å². The molecule has 0 aliphatic rings. The summed E-state index contributed by atoms with van der Waals surface area (Å²) in [6.45, 7) is 2.51. The Morgan fingerprint density at radius 1 is 1.53 bits per heavy atom. The van der Waals surface area contributed by atoms with Gasteiger partial charge in [-0.1, -0.05) is 18.5 Å². The van der Waals surface area contributed by atoms with Crippen LogP contribution in [0.4, 0.5) is 11.4 Å². The molecule has 0 fully saturated rings. The second-order valence-electron chi connectivity index (χ2n) is 3.85. The molecular formula is C12H12ClN3O2S. The van der Waals surface area contributed by atoms with Crippen molar-refractivity contribution < 1.29 is 4.92 Å². The SMILES string of the molecule is CCc1cnc(CNc2cc(Cl)ccc2[N+](=O)[O-])s1. The summed E-state index contributed by atoms with van der Waals surface area (Å²) in [6, 6.07) is 4.45. The van der Waals surface area contributed by atoms with Gasteiger partial charge in [0.05, 0.1) is 11.5 Å². The highest BCUT2D eigenvalue weighted by molar-refractivity contribution is 7.11. The van der Waals surface area contributed by atoms with Gasteiger partial charge in [0, 0.05) is 22.2 Å². The molecule has 0 spiro atoms. The molecule has 2 rings (SSSR count). The average molecular weight is 298 g/mol. The summed E-state index contributed by atoms with van der Waals surface area (Å²) in [5.74, 6) is 0. The highest BCUT2D eigenvalue weighted by atomic mass is 35.5. The topological polar surface area (TPSA) is 68.1 Å². The summed E-state index contributed by atoms with van der Waals surface area (Å²) in [5, 5.41) is 15.3. The van der Waals surface area contributed by atoms with Crippen LogP contribution in [0.2, 0.25) is 5.02 Å². The molecule has 1 aromatic carbocycles. The maximum absolute atomic E-state index is 10.9. The Hall–Kier alpha value is -1.66. The van der Waals surface area contributed by atoms with Crippen molar-refractivity contribution in [3.8, 4) is 0 Å². The van der Waals surface area contributed by atoms with Gasteiger partial charge in [0.1, 0.15) is 10.7 Å². The monoisotopic (exact) mass is 297 g/mol. The fourth-order valence-electron chi connectivity index (χ4n) is 1.57. The minimum atomic E-state index is -0.433. The van der Waals surface area contributed by atoms with Crippen LogP contribution < -0.4 is 5.32 Å². The van der Waals surface area contributed by atoms with E-state index in [2.05, 4.69) is 17.2 Å². The predicted octanol–water partition coefficient (Wildman–Crippen LogP) is 3.88. The molecule has 0 radical (unpaired) electrons. The summed E-state index contributed by atoms with van der Waals surface area (Å²) in [5.41, 5.74) is 0.419. The Labute approximate surface area is 119 Å². The minimum absolute atomic E-state index is 0.0108. The largest absolute Gasteiger partial charge is 0.373 e. The molecule has 0 saturated heterocycles. The van der Waals surface area contributed by atoms with E-state index >= 15 is 0 Å². The molecule has 1 heterocycles. The van der Waals surface area contributed by atoms with Crippen LogP contribution in [-0.2, 0) is 13.0 Å². The summed E-state index contributed by atoms with van der Waals surface area (Å²) in [7, 11) is 0.